The van der Waals surface area contributed by atoms with E-state index in [1.54, 1.807) is 12.1 Å². The van der Waals surface area contributed by atoms with Gasteiger partial charge in [-0.15, -0.1) is 0 Å². The number of fused-ring (bicyclic) bond motifs is 1. The minimum Gasteiger partial charge on any atom is -0.493 e. The molecule has 3 aromatic rings. The van der Waals surface area contributed by atoms with E-state index in [1.807, 2.05) is 40.8 Å². The second-order valence-electron chi connectivity index (χ2n) is 9.39. The smallest absolute Gasteiger partial charge is 0.276 e. The molecule has 2 aromatic carbocycles. The first-order valence-corrected chi connectivity index (χ1v) is 12.5. The van der Waals surface area contributed by atoms with Crippen LogP contribution < -0.4 is 14.8 Å². The van der Waals surface area contributed by atoms with E-state index in [-0.39, 0.29) is 11.8 Å². The number of methoxy groups -OCH3 is 2. The van der Waals surface area contributed by atoms with E-state index in [0.29, 0.717) is 41.5 Å². The number of likely N-dealkylation sites (tertiary alicyclic amines) is 1. The normalized spacial score (nSPS) is 14.9. The second kappa shape index (κ2) is 10.0. The molecule has 1 aliphatic carbocycles. The van der Waals surface area contributed by atoms with E-state index in [0.717, 1.165) is 61.0 Å². The van der Waals surface area contributed by atoms with Gasteiger partial charge in [-0.3, -0.25) is 9.59 Å². The van der Waals surface area contributed by atoms with Crippen LogP contribution in [-0.2, 0) is 12.8 Å². The molecule has 0 unspecified atom stereocenters. The molecule has 188 valence electrons. The van der Waals surface area contributed by atoms with Crippen molar-refractivity contribution in [1.29, 1.82) is 0 Å². The molecule has 2 aliphatic rings. The van der Waals surface area contributed by atoms with Crippen LogP contribution >= 0.6 is 0 Å². The van der Waals surface area contributed by atoms with Gasteiger partial charge in [0, 0.05) is 30.4 Å². The Balaban J connectivity index is 1.52. The molecular weight excluding hydrogens is 456 g/mol. The molecule has 2 heterocycles. The van der Waals surface area contributed by atoms with Gasteiger partial charge in [0.05, 0.1) is 31.2 Å². The minimum absolute atomic E-state index is 0.123. The fourth-order valence-corrected chi connectivity index (χ4v) is 5.23. The molecule has 0 saturated carbocycles. The Labute approximate surface area is 211 Å². The van der Waals surface area contributed by atoms with Crippen LogP contribution in [0.3, 0.4) is 0 Å². The van der Waals surface area contributed by atoms with Crippen molar-refractivity contribution in [2.24, 2.45) is 0 Å². The summed E-state index contributed by atoms with van der Waals surface area (Å²) in [5, 5.41) is 7.74. The number of amides is 2. The van der Waals surface area contributed by atoms with Crippen LogP contribution in [0.15, 0.2) is 36.4 Å². The maximum Gasteiger partial charge on any atom is 0.276 e. The number of nitrogens with zero attached hydrogens (tertiary/aromatic N) is 3. The van der Waals surface area contributed by atoms with Crippen molar-refractivity contribution in [2.45, 2.75) is 45.4 Å². The molecule has 2 amide bonds. The van der Waals surface area contributed by atoms with Crippen LogP contribution in [0.25, 0.3) is 5.69 Å². The molecule has 0 bridgehead atoms. The summed E-state index contributed by atoms with van der Waals surface area (Å²) in [6, 6.07) is 11.3. The van der Waals surface area contributed by atoms with Crippen molar-refractivity contribution >= 4 is 17.5 Å². The van der Waals surface area contributed by atoms with Crippen LogP contribution in [-0.4, -0.2) is 53.8 Å². The largest absolute Gasteiger partial charge is 0.493 e. The number of para-hydroxylation sites is 1. The molecule has 5 rings (SSSR count). The zero-order valence-corrected chi connectivity index (χ0v) is 21.1. The van der Waals surface area contributed by atoms with Gasteiger partial charge in [-0.05, 0) is 63.1 Å². The zero-order chi connectivity index (χ0) is 25.2. The summed E-state index contributed by atoms with van der Waals surface area (Å²) >= 11 is 0. The summed E-state index contributed by atoms with van der Waals surface area (Å²) in [6.45, 7) is 3.45. The summed E-state index contributed by atoms with van der Waals surface area (Å²) < 4.78 is 12.8. The number of anilines is 1. The molecule has 8 nitrogen and oxygen atoms in total. The number of carbonyl (C=O) groups excluding carboxylic acids is 2. The number of hydrogen-bond donors (Lipinski definition) is 1. The number of rotatable bonds is 6. The molecule has 0 radical (unpaired) electrons. The summed E-state index contributed by atoms with van der Waals surface area (Å²) in [4.78, 5) is 28.9. The standard InChI is InChI=1S/C28H32N4O4/c1-18-10-5-6-12-22(18)32-23-13-9-11-19(23)26(30-32)27(33)29-21-17-25(36-3)24(35-2)16-20(21)28(34)31-14-7-4-8-15-31/h5-6,10,12,16-17H,4,7-9,11,13-15H2,1-3H3,(H,29,33). The van der Waals surface area contributed by atoms with Crippen LogP contribution in [0.4, 0.5) is 5.69 Å². The Morgan fingerprint density at radius 1 is 0.944 bits per heavy atom. The SMILES string of the molecule is COc1cc(NC(=O)c2nn(-c3ccccc3C)c3c2CCC3)c(C(=O)N2CCCCC2)cc1OC. The molecule has 1 fully saturated rings. The molecule has 1 aromatic heterocycles. The summed E-state index contributed by atoms with van der Waals surface area (Å²) in [6.07, 6.45) is 5.73. The van der Waals surface area contributed by atoms with Crippen molar-refractivity contribution < 1.29 is 19.1 Å². The molecule has 1 aliphatic heterocycles. The molecule has 0 spiro atoms. The Kier molecular flexibility index (Phi) is 6.67. The van der Waals surface area contributed by atoms with Crippen molar-refractivity contribution in [3.05, 3.63) is 64.5 Å². The molecular formula is C28H32N4O4. The lowest BCUT2D eigenvalue weighted by Gasteiger charge is -2.28. The van der Waals surface area contributed by atoms with E-state index in [9.17, 15) is 9.59 Å². The Morgan fingerprint density at radius 3 is 2.39 bits per heavy atom. The number of piperidine rings is 1. The highest BCUT2D eigenvalue weighted by atomic mass is 16.5. The van der Waals surface area contributed by atoms with Crippen molar-refractivity contribution in [2.75, 3.05) is 32.6 Å². The van der Waals surface area contributed by atoms with E-state index >= 15 is 0 Å². The number of aryl methyl sites for hydroxylation is 1. The fourth-order valence-electron chi connectivity index (χ4n) is 5.23. The number of carbonyl (C=O) groups is 2. The highest BCUT2D eigenvalue weighted by Gasteiger charge is 2.29. The van der Waals surface area contributed by atoms with Crippen molar-refractivity contribution in [3.8, 4) is 17.2 Å². The van der Waals surface area contributed by atoms with E-state index < -0.39 is 0 Å². The number of benzene rings is 2. The van der Waals surface area contributed by atoms with Gasteiger partial charge in [0.25, 0.3) is 11.8 Å². The van der Waals surface area contributed by atoms with Crippen LogP contribution in [0.5, 0.6) is 11.5 Å². The Hall–Kier alpha value is -3.81. The van der Waals surface area contributed by atoms with Crippen LogP contribution in [0.2, 0.25) is 0 Å². The first-order chi connectivity index (χ1) is 17.5. The highest BCUT2D eigenvalue weighted by Crippen LogP contribution is 2.35. The summed E-state index contributed by atoms with van der Waals surface area (Å²) in [5.74, 6) is 0.432. The quantitative estimate of drug-likeness (QED) is 0.550. The second-order valence-corrected chi connectivity index (χ2v) is 9.39. The third kappa shape index (κ3) is 4.32. The van der Waals surface area contributed by atoms with Gasteiger partial charge in [0.2, 0.25) is 0 Å². The first kappa shape index (κ1) is 23.9. The lowest BCUT2D eigenvalue weighted by molar-refractivity contribution is 0.0725. The van der Waals surface area contributed by atoms with Gasteiger partial charge in [-0.1, -0.05) is 18.2 Å². The topological polar surface area (TPSA) is 85.7 Å². The van der Waals surface area contributed by atoms with Gasteiger partial charge >= 0.3 is 0 Å². The molecule has 1 N–H and O–H groups in total. The van der Waals surface area contributed by atoms with E-state index in [1.165, 1.54) is 14.2 Å². The van der Waals surface area contributed by atoms with Gasteiger partial charge in [0.15, 0.2) is 17.2 Å². The van der Waals surface area contributed by atoms with Gasteiger partial charge < -0.3 is 19.7 Å². The van der Waals surface area contributed by atoms with Crippen molar-refractivity contribution in [1.82, 2.24) is 14.7 Å². The third-order valence-electron chi connectivity index (χ3n) is 7.13. The Bertz CT molecular complexity index is 1310. The first-order valence-electron chi connectivity index (χ1n) is 12.5. The van der Waals surface area contributed by atoms with Gasteiger partial charge in [-0.2, -0.15) is 5.10 Å². The monoisotopic (exact) mass is 488 g/mol. The van der Waals surface area contributed by atoms with E-state index in [4.69, 9.17) is 14.6 Å². The average Bonchev–Trinajstić information content (AvgIpc) is 3.52. The summed E-state index contributed by atoms with van der Waals surface area (Å²) in [7, 11) is 3.07. The predicted molar refractivity (Wildman–Crippen MR) is 138 cm³/mol. The average molecular weight is 489 g/mol. The number of nitrogens with one attached hydrogen (secondary N) is 1. The predicted octanol–water partition coefficient (Wildman–Crippen LogP) is 4.57. The number of aromatic nitrogens is 2. The van der Waals surface area contributed by atoms with Crippen LogP contribution in [0.1, 0.15) is 63.4 Å². The van der Waals surface area contributed by atoms with E-state index in [2.05, 4.69) is 5.32 Å². The Morgan fingerprint density at radius 2 is 1.67 bits per heavy atom. The molecule has 8 heteroatoms. The third-order valence-corrected chi connectivity index (χ3v) is 7.13. The van der Waals surface area contributed by atoms with Gasteiger partial charge in [-0.25, -0.2) is 4.68 Å². The fraction of sp³-hybridized carbons (Fsp3) is 0.393. The number of hydrogen-bond acceptors (Lipinski definition) is 5. The lowest BCUT2D eigenvalue weighted by atomic mass is 10.1. The highest BCUT2D eigenvalue weighted by molar-refractivity contribution is 6.09. The maximum absolute atomic E-state index is 13.6. The van der Waals surface area contributed by atoms with Gasteiger partial charge in [0.1, 0.15) is 0 Å². The maximum atomic E-state index is 13.6. The minimum atomic E-state index is -0.333. The molecule has 1 saturated heterocycles. The van der Waals surface area contributed by atoms with Crippen LogP contribution in [0, 0.1) is 6.92 Å². The van der Waals surface area contributed by atoms with Crippen molar-refractivity contribution in [3.63, 3.8) is 0 Å². The lowest BCUT2D eigenvalue weighted by Crippen LogP contribution is -2.36. The zero-order valence-electron chi connectivity index (χ0n) is 21.1. The summed E-state index contributed by atoms with van der Waals surface area (Å²) in [5.41, 5.74) is 5.30. The number of ether oxygens (including phenoxy) is 2. The molecule has 0 atom stereocenters. The molecule has 36 heavy (non-hydrogen) atoms.